The highest BCUT2D eigenvalue weighted by Crippen LogP contribution is 2.48. The number of benzene rings is 3. The average Bonchev–Trinajstić information content (AvgIpc) is 3.03. The van der Waals surface area contributed by atoms with Crippen LogP contribution in [0.15, 0.2) is 84.0 Å². The summed E-state index contributed by atoms with van der Waals surface area (Å²) in [6.45, 7) is 6.09. The maximum Gasteiger partial charge on any atom is 0.247 e. The molecule has 2 aliphatic heterocycles. The van der Waals surface area contributed by atoms with E-state index in [1.165, 1.54) is 5.01 Å². The van der Waals surface area contributed by atoms with E-state index in [0.29, 0.717) is 30.8 Å². The number of hydrazone groups is 1. The summed E-state index contributed by atoms with van der Waals surface area (Å²) < 4.78 is 12.7. The monoisotopic (exact) mass is 629 g/mol. The third kappa shape index (κ3) is 7.36. The molecule has 2 amide bonds. The maximum absolute atomic E-state index is 13.7. The van der Waals surface area contributed by atoms with Crippen molar-refractivity contribution >= 4 is 31.5 Å². The lowest BCUT2D eigenvalue weighted by atomic mass is 9.86. The number of carbonyl (C=O) groups excluding carboxylic acids is 2. The van der Waals surface area contributed by atoms with Crippen LogP contribution in [-0.4, -0.2) is 67.0 Å². The predicted molar refractivity (Wildman–Crippen MR) is 176 cm³/mol. The summed E-state index contributed by atoms with van der Waals surface area (Å²) in [5.74, 6) is 0.155. The fraction of sp³-hybridized carbons (Fsp3) is 0.400. The smallest absolute Gasteiger partial charge is 0.247 e. The molecule has 3 aromatic carbocycles. The van der Waals surface area contributed by atoms with Gasteiger partial charge in [-0.1, -0.05) is 67.6 Å². The van der Waals surface area contributed by atoms with Crippen LogP contribution in [0, 0.1) is 5.92 Å². The van der Waals surface area contributed by atoms with Crippen molar-refractivity contribution < 1.29 is 29.0 Å². The lowest BCUT2D eigenvalue weighted by molar-refractivity contribution is -0.133. The Morgan fingerprint density at radius 1 is 1.09 bits per heavy atom. The quantitative estimate of drug-likeness (QED) is 0.279. The van der Waals surface area contributed by atoms with Crippen LogP contribution >= 0.6 is 0 Å². The molecule has 45 heavy (non-hydrogen) atoms. The zero-order valence-electron chi connectivity index (χ0n) is 26.4. The van der Waals surface area contributed by atoms with E-state index < -0.39 is 26.1 Å². The van der Waals surface area contributed by atoms with Crippen molar-refractivity contribution in [3.05, 3.63) is 95.6 Å². The minimum Gasteiger partial charge on any atom is -0.490 e. The normalized spacial score (nSPS) is 20.6. The number of amides is 2. The van der Waals surface area contributed by atoms with E-state index in [4.69, 9.17) is 14.6 Å². The van der Waals surface area contributed by atoms with Gasteiger partial charge in [0.2, 0.25) is 11.8 Å². The van der Waals surface area contributed by atoms with Gasteiger partial charge in [-0.05, 0) is 42.4 Å². The maximum atomic E-state index is 13.7. The number of nitrogens with zero attached hydrogens (tertiary/aromatic N) is 3. The molecular formula is C35H43N3O6Si. The number of ether oxygens (including phenoxy) is 2. The summed E-state index contributed by atoms with van der Waals surface area (Å²) >= 11 is 0. The Morgan fingerprint density at radius 3 is 2.42 bits per heavy atom. The van der Waals surface area contributed by atoms with Crippen LogP contribution in [-0.2, 0) is 20.9 Å². The van der Waals surface area contributed by atoms with Gasteiger partial charge in [0.25, 0.3) is 0 Å². The topological polar surface area (TPSA) is 112 Å². The van der Waals surface area contributed by atoms with Gasteiger partial charge in [-0.25, -0.2) is 5.01 Å². The molecule has 0 aliphatic carbocycles. The molecule has 0 fully saturated rings. The van der Waals surface area contributed by atoms with E-state index >= 15 is 0 Å². The second-order valence-electron chi connectivity index (χ2n) is 12.4. The van der Waals surface area contributed by atoms with E-state index in [1.807, 2.05) is 98.9 Å². The standard InChI is InChI=1S/C35H43N3O6Si/c1-24-34(43-2)28-21-27(38-32(40)18-16-29(36-38)26-13-9-6-10-14-26)15-17-30(28)44-35(24)31(45(3,4)42)22-33(41)37(19-20-39)23-25-11-7-5-8-12-25/h5-15,17,21,24,31,34-35,39,42H,16,18-20,22-23H2,1-4H3/t24-,31?,34-,35-/m0/s1. The third-order valence-corrected chi connectivity index (χ3v) is 11.2. The van der Waals surface area contributed by atoms with Crippen LogP contribution < -0.4 is 9.75 Å². The van der Waals surface area contributed by atoms with Crippen molar-refractivity contribution in [3.63, 3.8) is 0 Å². The van der Waals surface area contributed by atoms with Crippen molar-refractivity contribution in [2.75, 3.05) is 25.3 Å². The number of hydrogen-bond acceptors (Lipinski definition) is 7. The van der Waals surface area contributed by atoms with E-state index in [-0.39, 0.29) is 37.3 Å². The van der Waals surface area contributed by atoms with Gasteiger partial charge >= 0.3 is 0 Å². The highest BCUT2D eigenvalue weighted by atomic mass is 28.4. The molecule has 0 spiro atoms. The zero-order valence-corrected chi connectivity index (χ0v) is 27.4. The highest BCUT2D eigenvalue weighted by molar-refractivity contribution is 6.71. The number of anilines is 1. The molecule has 10 heteroatoms. The van der Waals surface area contributed by atoms with Crippen molar-refractivity contribution in [1.82, 2.24) is 4.90 Å². The predicted octanol–water partition coefficient (Wildman–Crippen LogP) is 5.28. The highest BCUT2D eigenvalue weighted by Gasteiger charge is 2.47. The van der Waals surface area contributed by atoms with Crippen LogP contribution in [0.5, 0.6) is 5.75 Å². The van der Waals surface area contributed by atoms with Crippen molar-refractivity contribution in [2.45, 2.75) is 63.6 Å². The SMILES string of the molecule is CO[C@@H]1c2cc(N3N=C(c4ccccc4)CCC3=O)ccc2O[C@H](C(CC(=O)N(CCO)Cc2ccccc2)[Si](C)(C)O)[C@H]1C. The van der Waals surface area contributed by atoms with E-state index in [2.05, 4.69) is 0 Å². The summed E-state index contributed by atoms with van der Waals surface area (Å²) in [5.41, 5.74) is 3.79. The van der Waals surface area contributed by atoms with Crippen LogP contribution in [0.2, 0.25) is 18.6 Å². The molecule has 0 bridgehead atoms. The third-order valence-electron chi connectivity index (χ3n) is 8.83. The van der Waals surface area contributed by atoms with Gasteiger partial charge in [-0.15, -0.1) is 0 Å². The second kappa shape index (κ2) is 14.1. The number of rotatable bonds is 11. The fourth-order valence-corrected chi connectivity index (χ4v) is 8.24. The van der Waals surface area contributed by atoms with E-state index in [0.717, 1.165) is 22.4 Å². The molecule has 2 heterocycles. The first-order valence-electron chi connectivity index (χ1n) is 15.5. The first-order chi connectivity index (χ1) is 21.6. The van der Waals surface area contributed by atoms with E-state index in [1.54, 1.807) is 12.0 Å². The van der Waals surface area contributed by atoms with Gasteiger partial charge in [0.15, 0.2) is 8.32 Å². The molecule has 3 aromatic rings. The first-order valence-corrected chi connectivity index (χ1v) is 18.6. The summed E-state index contributed by atoms with van der Waals surface area (Å²) in [5, 5.41) is 15.9. The summed E-state index contributed by atoms with van der Waals surface area (Å²) in [7, 11) is -1.31. The minimum atomic E-state index is -2.95. The molecule has 2 N–H and O–H groups in total. The zero-order chi connectivity index (χ0) is 32.1. The van der Waals surface area contributed by atoms with Gasteiger partial charge in [-0.2, -0.15) is 5.10 Å². The van der Waals surface area contributed by atoms with Gasteiger partial charge in [0.1, 0.15) is 11.9 Å². The molecule has 0 aromatic heterocycles. The average molecular weight is 630 g/mol. The fourth-order valence-electron chi connectivity index (χ4n) is 6.39. The molecule has 0 radical (unpaired) electrons. The van der Waals surface area contributed by atoms with Crippen LogP contribution in [0.1, 0.15) is 49.0 Å². The Kier molecular flexibility index (Phi) is 10.2. The minimum absolute atomic E-state index is 0.0826. The van der Waals surface area contributed by atoms with Crippen LogP contribution in [0.4, 0.5) is 5.69 Å². The molecule has 0 saturated heterocycles. The summed E-state index contributed by atoms with van der Waals surface area (Å²) in [4.78, 5) is 39.9. The molecule has 4 atom stereocenters. The van der Waals surface area contributed by atoms with Gasteiger partial charge in [0.05, 0.1) is 24.1 Å². The molecule has 238 valence electrons. The van der Waals surface area contributed by atoms with Crippen molar-refractivity contribution in [2.24, 2.45) is 11.0 Å². The summed E-state index contributed by atoms with van der Waals surface area (Å²) in [6.07, 6.45) is 0.130. The molecule has 5 rings (SSSR count). The Morgan fingerprint density at radius 2 is 1.78 bits per heavy atom. The first kappa shape index (κ1) is 32.6. The van der Waals surface area contributed by atoms with Gasteiger partial charge < -0.3 is 24.3 Å². The number of methoxy groups -OCH3 is 1. The second-order valence-corrected chi connectivity index (χ2v) is 16.5. The Labute approximate surface area is 266 Å². The number of hydrogen-bond donors (Lipinski definition) is 2. The van der Waals surface area contributed by atoms with Gasteiger partial charge in [0, 0.05) is 56.5 Å². The van der Waals surface area contributed by atoms with E-state index in [9.17, 15) is 19.5 Å². The largest absolute Gasteiger partial charge is 0.490 e. The Balaban J connectivity index is 1.42. The van der Waals surface area contributed by atoms with Crippen LogP contribution in [0.3, 0.4) is 0 Å². The lowest BCUT2D eigenvalue weighted by Crippen LogP contribution is -2.50. The Bertz CT molecular complexity index is 1510. The van der Waals surface area contributed by atoms with Crippen LogP contribution in [0.25, 0.3) is 0 Å². The van der Waals surface area contributed by atoms with Crippen molar-refractivity contribution in [3.8, 4) is 5.75 Å². The number of carbonyl (C=O) groups is 2. The summed E-state index contributed by atoms with van der Waals surface area (Å²) in [6, 6.07) is 25.1. The number of aliphatic hydroxyl groups is 1. The molecular weight excluding hydrogens is 586 g/mol. The molecule has 0 saturated carbocycles. The Hall–Kier alpha value is -3.83. The molecule has 9 nitrogen and oxygen atoms in total. The molecule has 2 aliphatic rings. The van der Waals surface area contributed by atoms with Gasteiger partial charge in [-0.3, -0.25) is 9.59 Å². The molecule has 1 unspecified atom stereocenters. The number of aliphatic hydroxyl groups excluding tert-OH is 1. The lowest BCUT2D eigenvalue weighted by Gasteiger charge is -2.44. The number of fused-ring (bicyclic) bond motifs is 1. The van der Waals surface area contributed by atoms with Crippen molar-refractivity contribution in [1.29, 1.82) is 0 Å².